The van der Waals surface area contributed by atoms with Crippen LogP contribution in [0.15, 0.2) is 18.3 Å². The first-order valence-electron chi connectivity index (χ1n) is 6.58. The standard InChI is InChI=1S/C14H17ClN4O2/c1-4-21-14-10(6-5-7-16-14)8-17-13(20)11-9(2)18-19(3)12(11)15/h5-7H,4,8H2,1-3H3,(H,17,20). The molecule has 0 saturated heterocycles. The van der Waals surface area contributed by atoms with Crippen molar-refractivity contribution in [3.8, 4) is 5.88 Å². The number of carbonyl (C=O) groups excluding carboxylic acids is 1. The average Bonchev–Trinajstić information content (AvgIpc) is 2.71. The molecule has 2 aromatic heterocycles. The maximum atomic E-state index is 12.2. The van der Waals surface area contributed by atoms with Gasteiger partial charge in [-0.1, -0.05) is 17.7 Å². The number of pyridine rings is 1. The number of rotatable bonds is 5. The zero-order valence-electron chi connectivity index (χ0n) is 12.2. The Morgan fingerprint density at radius 1 is 1.52 bits per heavy atom. The summed E-state index contributed by atoms with van der Waals surface area (Å²) in [6, 6.07) is 3.66. The molecule has 0 aliphatic rings. The van der Waals surface area contributed by atoms with Crippen molar-refractivity contribution < 1.29 is 9.53 Å². The lowest BCUT2D eigenvalue weighted by Crippen LogP contribution is -2.24. The Kier molecular flexibility index (Phi) is 4.80. The van der Waals surface area contributed by atoms with Crippen LogP contribution in [0.3, 0.4) is 0 Å². The highest BCUT2D eigenvalue weighted by atomic mass is 35.5. The van der Waals surface area contributed by atoms with Crippen LogP contribution in [0.1, 0.15) is 28.5 Å². The van der Waals surface area contributed by atoms with Crippen LogP contribution in [0.4, 0.5) is 0 Å². The van der Waals surface area contributed by atoms with Gasteiger partial charge in [0.1, 0.15) is 5.15 Å². The van der Waals surface area contributed by atoms with Crippen molar-refractivity contribution in [2.75, 3.05) is 6.61 Å². The Labute approximate surface area is 128 Å². The SMILES string of the molecule is CCOc1ncccc1CNC(=O)c1c(C)nn(C)c1Cl. The van der Waals surface area contributed by atoms with Crippen molar-refractivity contribution in [3.05, 3.63) is 40.3 Å². The van der Waals surface area contributed by atoms with Gasteiger partial charge in [0.05, 0.1) is 17.9 Å². The molecule has 2 heterocycles. The molecule has 112 valence electrons. The van der Waals surface area contributed by atoms with Gasteiger partial charge in [-0.15, -0.1) is 0 Å². The van der Waals surface area contributed by atoms with Gasteiger partial charge in [0.25, 0.3) is 5.91 Å². The summed E-state index contributed by atoms with van der Waals surface area (Å²) in [5.74, 6) is 0.256. The van der Waals surface area contributed by atoms with Crippen LogP contribution < -0.4 is 10.1 Å². The Balaban J connectivity index is 2.11. The number of carbonyl (C=O) groups is 1. The molecular formula is C14H17ClN4O2. The smallest absolute Gasteiger partial charge is 0.256 e. The van der Waals surface area contributed by atoms with Gasteiger partial charge in [-0.2, -0.15) is 5.10 Å². The lowest BCUT2D eigenvalue weighted by atomic mass is 10.2. The molecule has 0 saturated carbocycles. The number of nitrogens with one attached hydrogen (secondary N) is 1. The van der Waals surface area contributed by atoms with Gasteiger partial charge < -0.3 is 10.1 Å². The van der Waals surface area contributed by atoms with E-state index in [4.69, 9.17) is 16.3 Å². The Morgan fingerprint density at radius 3 is 2.90 bits per heavy atom. The van der Waals surface area contributed by atoms with E-state index >= 15 is 0 Å². The van der Waals surface area contributed by atoms with E-state index in [1.54, 1.807) is 26.2 Å². The summed E-state index contributed by atoms with van der Waals surface area (Å²) in [4.78, 5) is 16.4. The molecule has 0 spiro atoms. The molecular weight excluding hydrogens is 292 g/mol. The molecule has 0 unspecified atom stereocenters. The fourth-order valence-electron chi connectivity index (χ4n) is 1.98. The van der Waals surface area contributed by atoms with Crippen molar-refractivity contribution in [3.63, 3.8) is 0 Å². The Hall–Kier alpha value is -2.08. The number of aryl methyl sites for hydroxylation is 2. The third-order valence-corrected chi connectivity index (χ3v) is 3.38. The number of hydrogen-bond donors (Lipinski definition) is 1. The highest BCUT2D eigenvalue weighted by Gasteiger charge is 2.19. The van der Waals surface area contributed by atoms with Crippen LogP contribution in [0.25, 0.3) is 0 Å². The summed E-state index contributed by atoms with van der Waals surface area (Å²) in [6.07, 6.45) is 1.65. The topological polar surface area (TPSA) is 69.0 Å². The summed E-state index contributed by atoms with van der Waals surface area (Å²) in [7, 11) is 1.69. The van der Waals surface area contributed by atoms with Crippen LogP contribution in [-0.2, 0) is 13.6 Å². The average molecular weight is 309 g/mol. The van der Waals surface area contributed by atoms with Gasteiger partial charge in [-0.05, 0) is 19.9 Å². The minimum Gasteiger partial charge on any atom is -0.478 e. The zero-order chi connectivity index (χ0) is 15.4. The maximum Gasteiger partial charge on any atom is 0.256 e. The number of nitrogens with zero attached hydrogens (tertiary/aromatic N) is 3. The monoisotopic (exact) mass is 308 g/mol. The second-order valence-corrected chi connectivity index (χ2v) is 4.82. The first kappa shape index (κ1) is 15.3. The van der Waals surface area contributed by atoms with E-state index in [0.717, 1.165) is 5.56 Å². The van der Waals surface area contributed by atoms with E-state index in [1.807, 2.05) is 13.0 Å². The highest BCUT2D eigenvalue weighted by Crippen LogP contribution is 2.19. The molecule has 0 aromatic carbocycles. The van der Waals surface area contributed by atoms with E-state index in [1.165, 1.54) is 4.68 Å². The van der Waals surface area contributed by atoms with Crippen molar-refractivity contribution >= 4 is 17.5 Å². The number of halogens is 1. The van der Waals surface area contributed by atoms with Crippen LogP contribution in [0, 0.1) is 6.92 Å². The van der Waals surface area contributed by atoms with Crippen LogP contribution in [0.5, 0.6) is 5.88 Å². The zero-order valence-corrected chi connectivity index (χ0v) is 12.9. The summed E-state index contributed by atoms with van der Waals surface area (Å²) in [6.45, 7) is 4.46. The fourth-order valence-corrected chi connectivity index (χ4v) is 2.24. The van der Waals surface area contributed by atoms with Crippen molar-refractivity contribution in [1.82, 2.24) is 20.1 Å². The quantitative estimate of drug-likeness (QED) is 0.918. The fraction of sp³-hybridized carbons (Fsp3) is 0.357. The first-order chi connectivity index (χ1) is 10.0. The molecule has 0 aliphatic carbocycles. The molecule has 2 aromatic rings. The van der Waals surface area contributed by atoms with Gasteiger partial charge in [0.15, 0.2) is 0 Å². The third-order valence-electron chi connectivity index (χ3n) is 2.95. The molecule has 1 N–H and O–H groups in total. The van der Waals surface area contributed by atoms with Gasteiger partial charge >= 0.3 is 0 Å². The van der Waals surface area contributed by atoms with Crippen LogP contribution >= 0.6 is 11.6 Å². The number of amides is 1. The molecule has 0 fully saturated rings. The lowest BCUT2D eigenvalue weighted by Gasteiger charge is -2.09. The van der Waals surface area contributed by atoms with Gasteiger partial charge in [-0.3, -0.25) is 9.48 Å². The summed E-state index contributed by atoms with van der Waals surface area (Å²) < 4.78 is 6.90. The van der Waals surface area contributed by atoms with Gasteiger partial charge in [0, 0.05) is 25.4 Å². The molecule has 2 rings (SSSR count). The lowest BCUT2D eigenvalue weighted by molar-refractivity contribution is 0.0950. The largest absolute Gasteiger partial charge is 0.478 e. The number of hydrogen-bond acceptors (Lipinski definition) is 4. The molecule has 21 heavy (non-hydrogen) atoms. The summed E-state index contributed by atoms with van der Waals surface area (Å²) in [5.41, 5.74) is 1.79. The maximum absolute atomic E-state index is 12.2. The molecule has 0 bridgehead atoms. The predicted molar refractivity (Wildman–Crippen MR) is 79.5 cm³/mol. The number of aromatic nitrogens is 3. The molecule has 7 heteroatoms. The van der Waals surface area contributed by atoms with E-state index in [2.05, 4.69) is 15.4 Å². The molecule has 0 radical (unpaired) electrons. The van der Waals surface area contributed by atoms with Crippen molar-refractivity contribution in [2.24, 2.45) is 7.05 Å². The van der Waals surface area contributed by atoms with Crippen molar-refractivity contribution in [1.29, 1.82) is 0 Å². The normalized spacial score (nSPS) is 10.5. The highest BCUT2D eigenvalue weighted by molar-refractivity contribution is 6.33. The van der Waals surface area contributed by atoms with Gasteiger partial charge in [-0.25, -0.2) is 4.98 Å². The van der Waals surface area contributed by atoms with E-state index in [0.29, 0.717) is 35.4 Å². The van der Waals surface area contributed by atoms with Crippen LogP contribution in [-0.4, -0.2) is 27.3 Å². The third kappa shape index (κ3) is 3.33. The number of ether oxygens (including phenoxy) is 1. The van der Waals surface area contributed by atoms with Crippen molar-refractivity contribution in [2.45, 2.75) is 20.4 Å². The second kappa shape index (κ2) is 6.58. The molecule has 1 amide bonds. The Bertz CT molecular complexity index is 654. The minimum atomic E-state index is -0.267. The summed E-state index contributed by atoms with van der Waals surface area (Å²) >= 11 is 6.07. The molecule has 0 aliphatic heterocycles. The second-order valence-electron chi connectivity index (χ2n) is 4.46. The Morgan fingerprint density at radius 2 is 2.29 bits per heavy atom. The molecule has 0 atom stereocenters. The van der Waals surface area contributed by atoms with Crippen LogP contribution in [0.2, 0.25) is 5.15 Å². The summed E-state index contributed by atoms with van der Waals surface area (Å²) in [5, 5.41) is 7.25. The van der Waals surface area contributed by atoms with E-state index in [9.17, 15) is 4.79 Å². The predicted octanol–water partition coefficient (Wildman–Crippen LogP) is 2.11. The van der Waals surface area contributed by atoms with Gasteiger partial charge in [0.2, 0.25) is 5.88 Å². The molecule has 6 nitrogen and oxygen atoms in total. The van der Waals surface area contributed by atoms with E-state index in [-0.39, 0.29) is 5.91 Å². The van der Waals surface area contributed by atoms with E-state index < -0.39 is 0 Å². The minimum absolute atomic E-state index is 0.267. The first-order valence-corrected chi connectivity index (χ1v) is 6.96.